The number of allylic oxidation sites excluding steroid dienone is 2. The van der Waals surface area contributed by atoms with E-state index < -0.39 is 10.5 Å². The summed E-state index contributed by atoms with van der Waals surface area (Å²) in [6, 6.07) is 6.54. The first-order valence-corrected chi connectivity index (χ1v) is 12.4. The van der Waals surface area contributed by atoms with Crippen LogP contribution < -0.4 is 0 Å². The number of aromatic nitrogens is 2. The second kappa shape index (κ2) is 6.82. The van der Waals surface area contributed by atoms with E-state index in [0.29, 0.717) is 11.8 Å². The Morgan fingerprint density at radius 3 is 2.87 bits per heavy atom. The van der Waals surface area contributed by atoms with E-state index in [-0.39, 0.29) is 17.4 Å². The Kier molecular flexibility index (Phi) is 4.46. The van der Waals surface area contributed by atoms with E-state index in [1.165, 1.54) is 11.1 Å². The molecule has 0 radical (unpaired) electrons. The molecule has 166 valence electrons. The fourth-order valence-corrected chi connectivity index (χ4v) is 8.44. The van der Waals surface area contributed by atoms with Gasteiger partial charge in [-0.1, -0.05) is 25.1 Å². The maximum atomic E-state index is 12.3. The summed E-state index contributed by atoms with van der Waals surface area (Å²) in [7, 11) is 0. The monoisotopic (exact) mass is 440 g/mol. The Labute approximate surface area is 189 Å². The molecule has 4 nitrogen and oxygen atoms in total. The number of rotatable bonds is 1. The number of fused-ring (bicyclic) bond motifs is 5. The first-order valence-electron chi connectivity index (χ1n) is 12.1. The van der Waals surface area contributed by atoms with E-state index in [1.807, 2.05) is 6.20 Å². The standard InChI is InChI=1S/C26H33ClN2O2/c1-24-10-11-25(27)14-19-12-20(30)5-4-16(19)8-9-26(25,31)23(24)7-6-21(24)17-2-3-18-15-28-29-22(18)13-17/h2-3,6,13,15-16,19-20,23,30-31H,4-5,7-12,14H2,1H3,(H,28,29)/t16?,19?,20?,23?,24?,25?,26-/m0/s1. The molecule has 1 aromatic heterocycles. The SMILES string of the molecule is CC12CCC3(Cl)CC4CC(O)CCC4CC[C@]3(O)C1CC=C2c1ccc2cn[nH]c2c1. The molecule has 1 heterocycles. The molecule has 4 aliphatic carbocycles. The molecule has 0 spiro atoms. The Hall–Kier alpha value is -1.36. The fraction of sp³-hybridized carbons (Fsp3) is 0.654. The van der Waals surface area contributed by atoms with Crippen molar-refractivity contribution in [2.24, 2.45) is 23.2 Å². The zero-order valence-corrected chi connectivity index (χ0v) is 19.0. The van der Waals surface area contributed by atoms with Crippen LogP contribution in [-0.4, -0.2) is 37.0 Å². The highest BCUT2D eigenvalue weighted by Crippen LogP contribution is 2.67. The zero-order chi connectivity index (χ0) is 21.4. The summed E-state index contributed by atoms with van der Waals surface area (Å²) in [5.41, 5.74) is 2.72. The number of benzene rings is 1. The Morgan fingerprint density at radius 2 is 2.00 bits per heavy atom. The lowest BCUT2D eigenvalue weighted by atomic mass is 9.53. The van der Waals surface area contributed by atoms with Crippen LogP contribution in [0.15, 0.2) is 30.5 Å². The third kappa shape index (κ3) is 2.84. The fourth-order valence-electron chi connectivity index (χ4n) is 7.92. The van der Waals surface area contributed by atoms with Gasteiger partial charge in [0.15, 0.2) is 0 Å². The minimum atomic E-state index is -0.861. The average molecular weight is 441 g/mol. The van der Waals surface area contributed by atoms with Gasteiger partial charge in [-0.15, -0.1) is 11.6 Å². The number of hydrogen-bond acceptors (Lipinski definition) is 3. The van der Waals surface area contributed by atoms with E-state index in [1.54, 1.807) is 0 Å². The molecule has 6 rings (SSSR count). The predicted octanol–water partition coefficient (Wildman–Crippen LogP) is 5.44. The molecule has 0 bridgehead atoms. The van der Waals surface area contributed by atoms with Crippen molar-refractivity contribution in [3.8, 4) is 0 Å². The number of nitrogens with one attached hydrogen (secondary N) is 1. The third-order valence-corrected chi connectivity index (χ3v) is 10.4. The van der Waals surface area contributed by atoms with Crippen LogP contribution in [0.5, 0.6) is 0 Å². The number of aliphatic hydroxyl groups excluding tert-OH is 1. The van der Waals surface area contributed by atoms with Gasteiger partial charge in [0.25, 0.3) is 0 Å². The van der Waals surface area contributed by atoms with E-state index in [9.17, 15) is 10.2 Å². The maximum absolute atomic E-state index is 12.3. The lowest BCUT2D eigenvalue weighted by molar-refractivity contribution is -0.118. The predicted molar refractivity (Wildman–Crippen MR) is 124 cm³/mol. The molecule has 6 unspecified atom stereocenters. The normalized spacial score (nSPS) is 44.8. The number of hydrogen-bond donors (Lipinski definition) is 3. The van der Waals surface area contributed by atoms with Crippen molar-refractivity contribution in [3.05, 3.63) is 36.0 Å². The van der Waals surface area contributed by atoms with Crippen molar-refractivity contribution in [2.75, 3.05) is 0 Å². The second-order valence-corrected chi connectivity index (χ2v) is 11.8. The molecule has 3 N–H and O–H groups in total. The van der Waals surface area contributed by atoms with Gasteiger partial charge in [-0.25, -0.2) is 0 Å². The van der Waals surface area contributed by atoms with Gasteiger partial charge in [0.2, 0.25) is 0 Å². The molecule has 0 saturated heterocycles. The van der Waals surface area contributed by atoms with Crippen molar-refractivity contribution in [1.29, 1.82) is 0 Å². The van der Waals surface area contributed by atoms with E-state index in [4.69, 9.17) is 11.6 Å². The largest absolute Gasteiger partial charge is 0.393 e. The molecule has 1 aromatic carbocycles. The molecule has 2 aromatic rings. The van der Waals surface area contributed by atoms with Gasteiger partial charge >= 0.3 is 0 Å². The molecule has 31 heavy (non-hydrogen) atoms. The lowest BCUT2D eigenvalue weighted by Gasteiger charge is -2.57. The third-order valence-electron chi connectivity index (χ3n) is 9.68. The molecular weight excluding hydrogens is 408 g/mol. The summed E-state index contributed by atoms with van der Waals surface area (Å²) in [6.07, 6.45) is 12.2. The maximum Gasteiger partial charge on any atom is 0.0878 e. The van der Waals surface area contributed by atoms with E-state index in [2.05, 4.69) is 41.4 Å². The van der Waals surface area contributed by atoms with Crippen LogP contribution in [0.25, 0.3) is 16.5 Å². The summed E-state index contributed by atoms with van der Waals surface area (Å²) in [4.78, 5) is -0.579. The van der Waals surface area contributed by atoms with Crippen LogP contribution >= 0.6 is 11.6 Å². The molecular formula is C26H33ClN2O2. The van der Waals surface area contributed by atoms with Crippen molar-refractivity contribution in [2.45, 2.75) is 81.3 Å². The molecule has 3 fully saturated rings. The number of halogens is 1. The summed E-state index contributed by atoms with van der Waals surface area (Å²) in [5, 5.41) is 31.0. The summed E-state index contributed by atoms with van der Waals surface area (Å²) in [5.74, 6) is 1.18. The molecule has 7 atom stereocenters. The van der Waals surface area contributed by atoms with E-state index in [0.717, 1.165) is 68.7 Å². The van der Waals surface area contributed by atoms with Crippen molar-refractivity contribution < 1.29 is 10.2 Å². The van der Waals surface area contributed by atoms with Crippen molar-refractivity contribution >= 4 is 28.1 Å². The Bertz CT molecular complexity index is 1050. The number of H-pyrrole nitrogens is 1. The number of alkyl halides is 1. The second-order valence-electron chi connectivity index (χ2n) is 11.1. The highest BCUT2D eigenvalue weighted by Gasteiger charge is 2.65. The number of aliphatic hydroxyl groups is 2. The van der Waals surface area contributed by atoms with Gasteiger partial charge in [-0.05, 0) is 92.2 Å². The molecule has 3 saturated carbocycles. The quantitative estimate of drug-likeness (QED) is 0.517. The van der Waals surface area contributed by atoms with Crippen LogP contribution in [0.3, 0.4) is 0 Å². The van der Waals surface area contributed by atoms with Crippen LogP contribution in [0.4, 0.5) is 0 Å². The highest BCUT2D eigenvalue weighted by molar-refractivity contribution is 6.25. The van der Waals surface area contributed by atoms with Crippen LogP contribution in [0, 0.1) is 23.2 Å². The van der Waals surface area contributed by atoms with E-state index >= 15 is 0 Å². The highest BCUT2D eigenvalue weighted by atomic mass is 35.5. The zero-order valence-electron chi connectivity index (χ0n) is 18.3. The van der Waals surface area contributed by atoms with Gasteiger partial charge < -0.3 is 10.2 Å². The first kappa shape index (κ1) is 20.3. The minimum Gasteiger partial charge on any atom is -0.393 e. The van der Waals surface area contributed by atoms with Gasteiger partial charge in [0, 0.05) is 11.3 Å². The Balaban J connectivity index is 1.35. The van der Waals surface area contributed by atoms with Gasteiger partial charge in [-0.3, -0.25) is 5.10 Å². The van der Waals surface area contributed by atoms with Crippen LogP contribution in [0.1, 0.15) is 70.3 Å². The van der Waals surface area contributed by atoms with Crippen molar-refractivity contribution in [3.63, 3.8) is 0 Å². The average Bonchev–Trinajstić information content (AvgIpc) is 3.32. The number of nitrogens with zero attached hydrogens (tertiary/aromatic N) is 1. The minimum absolute atomic E-state index is 0.0735. The first-order chi connectivity index (χ1) is 14.8. The van der Waals surface area contributed by atoms with Crippen molar-refractivity contribution in [1.82, 2.24) is 10.2 Å². The Morgan fingerprint density at radius 1 is 1.13 bits per heavy atom. The molecule has 4 aliphatic rings. The van der Waals surface area contributed by atoms with Gasteiger partial charge in [0.1, 0.15) is 0 Å². The molecule has 0 aliphatic heterocycles. The summed E-state index contributed by atoms with van der Waals surface area (Å²) >= 11 is 7.41. The summed E-state index contributed by atoms with van der Waals surface area (Å²) in [6.45, 7) is 2.35. The summed E-state index contributed by atoms with van der Waals surface area (Å²) < 4.78 is 0. The van der Waals surface area contributed by atoms with Crippen LogP contribution in [-0.2, 0) is 0 Å². The number of aromatic amines is 1. The van der Waals surface area contributed by atoms with Gasteiger partial charge in [-0.2, -0.15) is 5.10 Å². The van der Waals surface area contributed by atoms with Crippen LogP contribution in [0.2, 0.25) is 0 Å². The lowest BCUT2D eigenvalue weighted by Crippen LogP contribution is -2.62. The topological polar surface area (TPSA) is 69.1 Å². The smallest absolute Gasteiger partial charge is 0.0878 e. The molecule has 0 amide bonds. The molecule has 5 heteroatoms. The van der Waals surface area contributed by atoms with Gasteiger partial charge in [0.05, 0.1) is 28.3 Å².